The van der Waals surface area contributed by atoms with E-state index in [2.05, 4.69) is 32.9 Å². The lowest BCUT2D eigenvalue weighted by atomic mass is 9.87. The van der Waals surface area contributed by atoms with Gasteiger partial charge in [-0.25, -0.2) is 0 Å². The predicted molar refractivity (Wildman–Crippen MR) is 79.9 cm³/mol. The molecule has 2 aromatic carbocycles. The number of hydrogen-bond donors (Lipinski definition) is 0. The average molecular weight is 258 g/mol. The maximum Gasteiger partial charge on any atom is 0.131 e. The Morgan fingerprint density at radius 1 is 0.778 bits per heavy atom. The lowest BCUT2D eigenvalue weighted by Crippen LogP contribution is -2.13. The molecule has 0 saturated heterocycles. The summed E-state index contributed by atoms with van der Waals surface area (Å²) in [6.07, 6.45) is 0. The van der Waals surface area contributed by atoms with Gasteiger partial charge < -0.3 is 4.57 Å². The van der Waals surface area contributed by atoms with Gasteiger partial charge in [-0.05, 0) is 11.0 Å². The Balaban J connectivity index is 2.28. The van der Waals surface area contributed by atoms with Crippen LogP contribution in [-0.4, -0.2) is 0 Å². The topological polar surface area (TPSA) is 17.1 Å². The molecule has 0 heterocycles. The lowest BCUT2D eigenvalue weighted by molar-refractivity contribution is 0.590. The van der Waals surface area contributed by atoms with Gasteiger partial charge in [-0.3, -0.25) is 0 Å². The van der Waals surface area contributed by atoms with E-state index in [1.165, 1.54) is 5.56 Å². The third-order valence-corrected chi connectivity index (χ3v) is 4.76. The molecule has 1 nitrogen and oxygen atoms in total. The number of hydrogen-bond acceptors (Lipinski definition) is 1. The largest absolute Gasteiger partial charge is 0.317 e. The monoisotopic (exact) mass is 258 g/mol. The fourth-order valence-electron chi connectivity index (χ4n) is 1.88. The Morgan fingerprint density at radius 2 is 1.28 bits per heavy atom. The molecule has 18 heavy (non-hydrogen) atoms. The molecule has 0 aliphatic carbocycles. The van der Waals surface area contributed by atoms with E-state index in [0.29, 0.717) is 0 Å². The van der Waals surface area contributed by atoms with Crippen LogP contribution in [0.1, 0.15) is 26.3 Å². The van der Waals surface area contributed by atoms with Crippen molar-refractivity contribution in [2.45, 2.75) is 26.2 Å². The molecule has 1 unspecified atom stereocenters. The Kier molecular flexibility index (Phi) is 3.73. The first-order valence-corrected chi connectivity index (χ1v) is 7.59. The van der Waals surface area contributed by atoms with Gasteiger partial charge in [0.05, 0.1) is 0 Å². The summed E-state index contributed by atoms with van der Waals surface area (Å²) in [5.74, 6) is 0. The molecule has 0 amide bonds. The van der Waals surface area contributed by atoms with Gasteiger partial charge in [0.25, 0.3) is 0 Å². The van der Waals surface area contributed by atoms with Gasteiger partial charge >= 0.3 is 0 Å². The van der Waals surface area contributed by atoms with Gasteiger partial charge in [0.2, 0.25) is 0 Å². The first kappa shape index (κ1) is 13.1. The zero-order valence-corrected chi connectivity index (χ0v) is 12.1. The van der Waals surface area contributed by atoms with Crippen molar-refractivity contribution >= 4 is 18.4 Å². The molecule has 0 bridgehead atoms. The van der Waals surface area contributed by atoms with Crippen molar-refractivity contribution in [2.75, 3.05) is 0 Å². The molecule has 0 radical (unpaired) electrons. The van der Waals surface area contributed by atoms with Crippen molar-refractivity contribution in [2.24, 2.45) is 0 Å². The Bertz CT molecular complexity index is 536. The average Bonchev–Trinajstić information content (AvgIpc) is 2.38. The number of benzene rings is 2. The van der Waals surface area contributed by atoms with Gasteiger partial charge in [0.15, 0.2) is 0 Å². The normalized spacial score (nSPS) is 13.3. The highest BCUT2D eigenvalue weighted by atomic mass is 31.1. The zero-order valence-electron chi connectivity index (χ0n) is 11.1. The summed E-state index contributed by atoms with van der Waals surface area (Å²) >= 11 is 0. The van der Waals surface area contributed by atoms with Crippen LogP contribution in [0.5, 0.6) is 0 Å². The van der Waals surface area contributed by atoms with Crippen LogP contribution in [0.3, 0.4) is 0 Å². The van der Waals surface area contributed by atoms with Crippen molar-refractivity contribution < 1.29 is 4.57 Å². The second-order valence-electron chi connectivity index (χ2n) is 5.52. The summed E-state index contributed by atoms with van der Waals surface area (Å²) in [7, 11) is -1.86. The van der Waals surface area contributed by atoms with E-state index in [9.17, 15) is 4.57 Å². The summed E-state index contributed by atoms with van der Waals surface area (Å²) in [5, 5.41) is 1.85. The van der Waals surface area contributed by atoms with Crippen molar-refractivity contribution in [3.63, 3.8) is 0 Å². The van der Waals surface area contributed by atoms with Gasteiger partial charge in [0.1, 0.15) is 7.80 Å². The van der Waals surface area contributed by atoms with Gasteiger partial charge in [-0.15, -0.1) is 0 Å². The molecule has 2 aromatic rings. The fraction of sp³-hybridized carbons (Fsp3) is 0.250. The minimum Gasteiger partial charge on any atom is -0.317 e. The third-order valence-electron chi connectivity index (χ3n) is 3.05. The van der Waals surface area contributed by atoms with Crippen LogP contribution in [-0.2, 0) is 9.98 Å². The molecule has 2 heteroatoms. The molecule has 2 rings (SSSR count). The van der Waals surface area contributed by atoms with E-state index in [4.69, 9.17) is 0 Å². The Morgan fingerprint density at radius 3 is 1.78 bits per heavy atom. The molecule has 1 atom stereocenters. The first-order valence-electron chi connectivity index (χ1n) is 6.19. The summed E-state index contributed by atoms with van der Waals surface area (Å²) in [6.45, 7) is 6.55. The standard InChI is InChI=1S/C16H19OP/c1-16(2,3)13-9-11-15(12-10-13)18(17)14-7-5-4-6-8-14/h4-12,18H,1-3H3. The molecule has 94 valence electrons. The summed E-state index contributed by atoms with van der Waals surface area (Å²) < 4.78 is 12.4. The van der Waals surface area contributed by atoms with Gasteiger partial charge in [-0.2, -0.15) is 0 Å². The second kappa shape index (κ2) is 5.12. The molecular formula is C16H19OP. The zero-order chi connectivity index (χ0) is 13.2. The van der Waals surface area contributed by atoms with E-state index < -0.39 is 7.80 Å². The molecule has 0 aliphatic heterocycles. The molecule has 0 aliphatic rings. The SMILES string of the molecule is CC(C)(C)c1ccc([PH](=O)c2ccccc2)cc1. The minimum absolute atomic E-state index is 0.140. The van der Waals surface area contributed by atoms with Crippen LogP contribution >= 0.6 is 7.80 Å². The van der Waals surface area contributed by atoms with Crippen molar-refractivity contribution in [1.82, 2.24) is 0 Å². The molecular weight excluding hydrogens is 239 g/mol. The van der Waals surface area contributed by atoms with Gasteiger partial charge in [0, 0.05) is 10.6 Å². The van der Waals surface area contributed by atoms with Crippen molar-refractivity contribution in [1.29, 1.82) is 0 Å². The molecule has 0 aromatic heterocycles. The minimum atomic E-state index is -1.86. The summed E-state index contributed by atoms with van der Waals surface area (Å²) in [4.78, 5) is 0. The first-order chi connectivity index (χ1) is 8.48. The summed E-state index contributed by atoms with van der Waals surface area (Å²) in [5.41, 5.74) is 1.41. The van der Waals surface area contributed by atoms with E-state index in [1.54, 1.807) is 0 Å². The smallest absolute Gasteiger partial charge is 0.131 e. The predicted octanol–water partition coefficient (Wildman–Crippen LogP) is 3.49. The molecule has 0 spiro atoms. The fourth-order valence-corrected chi connectivity index (χ4v) is 3.18. The molecule has 0 N–H and O–H groups in total. The maximum atomic E-state index is 12.4. The quantitative estimate of drug-likeness (QED) is 0.753. The highest BCUT2D eigenvalue weighted by molar-refractivity contribution is 7.61. The van der Waals surface area contributed by atoms with Crippen LogP contribution in [0, 0.1) is 0 Å². The van der Waals surface area contributed by atoms with E-state index in [-0.39, 0.29) is 5.41 Å². The van der Waals surface area contributed by atoms with E-state index >= 15 is 0 Å². The van der Waals surface area contributed by atoms with Crippen LogP contribution in [0.2, 0.25) is 0 Å². The van der Waals surface area contributed by atoms with Gasteiger partial charge in [-0.1, -0.05) is 75.4 Å². The Hall–Kier alpha value is -1.33. The molecule has 0 fully saturated rings. The summed E-state index contributed by atoms with van der Waals surface area (Å²) in [6, 6.07) is 17.8. The second-order valence-corrected chi connectivity index (χ2v) is 7.34. The van der Waals surface area contributed by atoms with Crippen LogP contribution in [0.15, 0.2) is 54.6 Å². The lowest BCUT2D eigenvalue weighted by Gasteiger charge is -2.19. The van der Waals surface area contributed by atoms with Crippen molar-refractivity contribution in [3.8, 4) is 0 Å². The van der Waals surface area contributed by atoms with Crippen LogP contribution < -0.4 is 10.6 Å². The highest BCUT2D eigenvalue weighted by Crippen LogP contribution is 2.24. The molecule has 0 saturated carbocycles. The Labute approximate surface area is 110 Å². The van der Waals surface area contributed by atoms with Crippen LogP contribution in [0.25, 0.3) is 0 Å². The maximum absolute atomic E-state index is 12.4. The van der Waals surface area contributed by atoms with Crippen molar-refractivity contribution in [3.05, 3.63) is 60.2 Å². The third kappa shape index (κ3) is 2.91. The number of rotatable bonds is 2. The highest BCUT2D eigenvalue weighted by Gasteiger charge is 2.14. The van der Waals surface area contributed by atoms with E-state index in [0.717, 1.165) is 10.6 Å². The van der Waals surface area contributed by atoms with Crippen LogP contribution in [0.4, 0.5) is 0 Å². The van der Waals surface area contributed by atoms with E-state index in [1.807, 2.05) is 42.5 Å².